The molecule has 3 N–H and O–H groups in total. The smallest absolute Gasteiger partial charge is 0.255 e. The lowest BCUT2D eigenvalue weighted by Gasteiger charge is -2.36. The van der Waals surface area contributed by atoms with Gasteiger partial charge in [-0.25, -0.2) is 14.4 Å². The number of anilines is 2. The number of hydrogen-bond acceptors (Lipinski definition) is 10. The van der Waals surface area contributed by atoms with Crippen molar-refractivity contribution in [1.29, 1.82) is 0 Å². The van der Waals surface area contributed by atoms with E-state index in [1.54, 1.807) is 24.0 Å². The number of amides is 5. The molecule has 7 heterocycles. The molecule has 2 aromatic carbocycles. The van der Waals surface area contributed by atoms with Crippen molar-refractivity contribution in [2.75, 3.05) is 49.9 Å². The molecule has 4 atom stereocenters. The first-order valence-corrected chi connectivity index (χ1v) is 23.9. The first-order chi connectivity index (χ1) is 31.6. The lowest BCUT2D eigenvalue weighted by atomic mass is 9.82. The summed E-state index contributed by atoms with van der Waals surface area (Å²) in [5, 5.41) is 10.7. The molecule has 1 aliphatic carbocycles. The molecule has 338 valence electrons. The summed E-state index contributed by atoms with van der Waals surface area (Å²) in [5.41, 5.74) is 7.32. The van der Waals surface area contributed by atoms with E-state index in [4.69, 9.17) is 0 Å². The van der Waals surface area contributed by atoms with Crippen molar-refractivity contribution in [3.05, 3.63) is 112 Å². The van der Waals surface area contributed by atoms with Gasteiger partial charge in [-0.05, 0) is 123 Å². The van der Waals surface area contributed by atoms with Gasteiger partial charge in [-0.15, -0.1) is 11.3 Å². The lowest BCUT2D eigenvalue weighted by molar-refractivity contribution is -0.137. The zero-order valence-corrected chi connectivity index (χ0v) is 37.3. The number of fused-ring (bicyclic) bond motifs is 2. The Morgan fingerprint density at radius 1 is 0.923 bits per heavy atom. The summed E-state index contributed by atoms with van der Waals surface area (Å²) < 4.78 is 18.2. The fourth-order valence-electron chi connectivity index (χ4n) is 10.9. The summed E-state index contributed by atoms with van der Waals surface area (Å²) >= 11 is 1.29. The Bertz CT molecular complexity index is 2560. The van der Waals surface area contributed by atoms with Gasteiger partial charge in [0.2, 0.25) is 23.6 Å². The molecular weight excluding hydrogens is 846 g/mol. The van der Waals surface area contributed by atoms with Crippen molar-refractivity contribution in [2.24, 2.45) is 11.8 Å². The molecule has 16 heteroatoms. The molecule has 6 aliphatic rings. The van der Waals surface area contributed by atoms with Gasteiger partial charge in [0, 0.05) is 61.5 Å². The summed E-state index contributed by atoms with van der Waals surface area (Å²) in [4.78, 5) is 80.0. The van der Waals surface area contributed by atoms with Crippen molar-refractivity contribution in [3.8, 4) is 0 Å². The minimum Gasteiger partial charge on any atom is -0.374 e. The number of rotatable bonds is 11. The molecule has 0 radical (unpaired) electrons. The number of aromatic nitrogens is 3. The van der Waals surface area contributed by atoms with Gasteiger partial charge >= 0.3 is 0 Å². The molecule has 5 aliphatic heterocycles. The maximum absolute atomic E-state index is 16.1. The normalized spacial score (nSPS) is 23.4. The van der Waals surface area contributed by atoms with Gasteiger partial charge in [0.1, 0.15) is 11.9 Å². The zero-order chi connectivity index (χ0) is 44.8. The number of benzene rings is 2. The molecule has 2 aromatic heterocycles. The van der Waals surface area contributed by atoms with Crippen LogP contribution in [0.3, 0.4) is 0 Å². The van der Waals surface area contributed by atoms with Gasteiger partial charge < -0.3 is 19.7 Å². The molecule has 5 amide bonds. The summed E-state index contributed by atoms with van der Waals surface area (Å²) in [6.45, 7) is 6.44. The minimum atomic E-state index is -1.01. The Kier molecular flexibility index (Phi) is 12.0. The second-order valence-corrected chi connectivity index (χ2v) is 19.3. The van der Waals surface area contributed by atoms with Crippen molar-refractivity contribution in [2.45, 2.75) is 88.8 Å². The van der Waals surface area contributed by atoms with Crippen molar-refractivity contribution in [3.63, 3.8) is 0 Å². The van der Waals surface area contributed by atoms with Crippen LogP contribution in [0, 0.1) is 18.8 Å². The summed E-state index contributed by atoms with van der Waals surface area (Å²) in [5.74, 6) is -2.13. The Balaban J connectivity index is 0.727. The molecule has 10 rings (SSSR count). The quantitative estimate of drug-likeness (QED) is 0.151. The van der Waals surface area contributed by atoms with Gasteiger partial charge in [0.25, 0.3) is 5.91 Å². The minimum absolute atomic E-state index is 0.0703. The van der Waals surface area contributed by atoms with Crippen LogP contribution in [0.25, 0.3) is 5.57 Å². The zero-order valence-electron chi connectivity index (χ0n) is 36.5. The molecule has 4 unspecified atom stereocenters. The highest BCUT2D eigenvalue weighted by molar-refractivity contribution is 7.13. The standard InChI is InChI=1S/C49H54FN9O5S/c1-29-23-33(32-14-20-57(21-15-32)43(61)27-56-18-12-31(13-19-56)30-4-7-35(8-5-30)53-40-10-11-42(60)54-46(40)62)6-9-36(29)34-24-37-38(39(50)25-34)26-59(48(37)64)45(47(63)55-49-51-16-22-65-49)44-41-3-2-17-58(41)28-52-44/h4-9,16,22-25,28,31-32,37-38,40,45,53H,2-3,10-15,17-21,26-27H2,1H3,(H,51,55,63)(H,54,60,62). The number of thiazole rings is 1. The van der Waals surface area contributed by atoms with Crippen molar-refractivity contribution in [1.82, 2.24) is 34.6 Å². The third kappa shape index (κ3) is 8.77. The second-order valence-electron chi connectivity index (χ2n) is 18.4. The second kappa shape index (κ2) is 18.1. The summed E-state index contributed by atoms with van der Waals surface area (Å²) in [6, 6.07) is 13.1. The van der Waals surface area contributed by atoms with Crippen LogP contribution in [0.1, 0.15) is 96.5 Å². The number of aryl methyl sites for hydroxylation is 2. The number of halogens is 1. The van der Waals surface area contributed by atoms with Crippen LogP contribution in [0.2, 0.25) is 0 Å². The highest BCUT2D eigenvalue weighted by atomic mass is 32.1. The van der Waals surface area contributed by atoms with Gasteiger partial charge in [-0.2, -0.15) is 0 Å². The molecule has 0 saturated carbocycles. The SMILES string of the molecule is Cc1cc(C2CCN(C(=O)CN3CCC(c4ccc(NC5CCC(=O)NC5=O)cc4)CC3)CC2)ccc1C1=CC2C(=O)N(C(C(=O)Nc3nccs3)c3ncn4c3CCC4)CC2C(F)=C1. The number of carbonyl (C=O) groups excluding carboxylic acids is 5. The molecule has 14 nitrogen and oxygen atoms in total. The average Bonchev–Trinajstić information content (AvgIpc) is 4.13. The maximum atomic E-state index is 16.1. The van der Waals surface area contributed by atoms with Crippen LogP contribution in [-0.2, 0) is 36.9 Å². The Hall–Kier alpha value is -6.00. The number of allylic oxidation sites excluding steroid dienone is 2. The van der Waals surface area contributed by atoms with E-state index in [0.717, 1.165) is 80.7 Å². The number of likely N-dealkylation sites (tertiary alicyclic amines) is 3. The highest BCUT2D eigenvalue weighted by Crippen LogP contribution is 2.44. The first-order valence-electron chi connectivity index (χ1n) is 23.0. The van der Waals surface area contributed by atoms with E-state index in [1.165, 1.54) is 27.4 Å². The van der Waals surface area contributed by atoms with Crippen LogP contribution >= 0.6 is 11.3 Å². The fourth-order valence-corrected chi connectivity index (χ4v) is 11.4. The third-order valence-corrected chi connectivity index (χ3v) is 15.2. The first kappa shape index (κ1) is 42.9. The number of nitrogens with one attached hydrogen (secondary N) is 3. The lowest BCUT2D eigenvalue weighted by Crippen LogP contribution is -2.47. The van der Waals surface area contributed by atoms with E-state index in [2.05, 4.69) is 55.1 Å². The van der Waals surface area contributed by atoms with E-state index < -0.39 is 29.8 Å². The molecule has 65 heavy (non-hydrogen) atoms. The third-order valence-electron chi connectivity index (χ3n) is 14.5. The van der Waals surface area contributed by atoms with E-state index in [-0.39, 0.29) is 36.0 Å². The van der Waals surface area contributed by atoms with Gasteiger partial charge in [0.15, 0.2) is 11.2 Å². The monoisotopic (exact) mass is 899 g/mol. The van der Waals surface area contributed by atoms with E-state index in [1.807, 2.05) is 40.7 Å². The fraction of sp³-hybridized carbons (Fsp3) is 0.449. The summed E-state index contributed by atoms with van der Waals surface area (Å²) in [7, 11) is 0. The van der Waals surface area contributed by atoms with E-state index >= 15 is 4.39 Å². The van der Waals surface area contributed by atoms with Crippen molar-refractivity contribution < 1.29 is 28.4 Å². The molecular formula is C49H54FN9O5S. The molecule has 4 aromatic rings. The summed E-state index contributed by atoms with van der Waals surface area (Å²) in [6.07, 6.45) is 13.0. The predicted octanol–water partition coefficient (Wildman–Crippen LogP) is 6.10. The van der Waals surface area contributed by atoms with Gasteiger partial charge in [0.05, 0.1) is 24.5 Å². The number of piperidine rings is 3. The van der Waals surface area contributed by atoms with E-state index in [0.29, 0.717) is 60.7 Å². The highest BCUT2D eigenvalue weighted by Gasteiger charge is 2.49. The number of imide groups is 1. The number of imidazole rings is 1. The van der Waals surface area contributed by atoms with Crippen LogP contribution in [-0.4, -0.2) is 104 Å². The molecule has 0 bridgehead atoms. The Labute approximate surface area is 381 Å². The maximum Gasteiger partial charge on any atom is 0.255 e. The van der Waals surface area contributed by atoms with Gasteiger partial charge in [-0.1, -0.05) is 36.4 Å². The topological polar surface area (TPSA) is 162 Å². The Morgan fingerprint density at radius 3 is 2.42 bits per heavy atom. The van der Waals surface area contributed by atoms with Crippen molar-refractivity contribution >= 4 is 57.3 Å². The van der Waals surface area contributed by atoms with Crippen LogP contribution in [0.5, 0.6) is 0 Å². The Morgan fingerprint density at radius 2 is 1.68 bits per heavy atom. The largest absolute Gasteiger partial charge is 0.374 e. The molecule has 4 saturated heterocycles. The number of carbonyl (C=O) groups is 5. The number of nitrogens with zero attached hydrogens (tertiary/aromatic N) is 6. The molecule has 4 fully saturated rings. The predicted molar refractivity (Wildman–Crippen MR) is 244 cm³/mol. The van der Waals surface area contributed by atoms with Gasteiger partial charge in [-0.3, -0.25) is 39.5 Å². The van der Waals surface area contributed by atoms with Crippen LogP contribution < -0.4 is 16.0 Å². The number of hydrogen-bond donors (Lipinski definition) is 3. The van der Waals surface area contributed by atoms with Crippen LogP contribution in [0.4, 0.5) is 15.2 Å². The average molecular weight is 900 g/mol. The van der Waals surface area contributed by atoms with E-state index in [9.17, 15) is 24.0 Å². The van der Waals surface area contributed by atoms with Crippen LogP contribution in [0.15, 0.2) is 78.3 Å². The molecule has 0 spiro atoms.